The van der Waals surface area contributed by atoms with Crippen LogP contribution in [0, 0.1) is 13.8 Å². The smallest absolute Gasteiger partial charge is 0.415 e. The Morgan fingerprint density at radius 3 is 2.42 bits per heavy atom. The summed E-state index contributed by atoms with van der Waals surface area (Å²) in [5.74, 6) is 0.814. The molecule has 0 heterocycles. The zero-order chi connectivity index (χ0) is 17.9. The lowest BCUT2D eigenvalue weighted by atomic mass is 9.92. The van der Waals surface area contributed by atoms with Crippen LogP contribution in [0.3, 0.4) is 0 Å². The van der Waals surface area contributed by atoms with Gasteiger partial charge in [0.25, 0.3) is 0 Å². The molecule has 1 aromatic rings. The Morgan fingerprint density at radius 2 is 1.88 bits per heavy atom. The summed E-state index contributed by atoms with van der Waals surface area (Å²) in [6.45, 7) is 3.61. The van der Waals surface area contributed by atoms with Gasteiger partial charge in [-0.3, -0.25) is 0 Å². The molecule has 24 heavy (non-hydrogen) atoms. The van der Waals surface area contributed by atoms with Crippen molar-refractivity contribution in [2.75, 3.05) is 6.54 Å². The highest BCUT2D eigenvalue weighted by Crippen LogP contribution is 2.29. The van der Waals surface area contributed by atoms with Crippen molar-refractivity contribution in [1.82, 2.24) is 5.32 Å². The fraction of sp³-hybridized carbons (Fsp3) is 0.647. The molecule has 0 aromatic heterocycles. The number of aryl methyl sites for hydroxylation is 1. The molecule has 1 aromatic carbocycles. The molecule has 136 valence electrons. The van der Waals surface area contributed by atoms with Crippen molar-refractivity contribution in [3.8, 4) is 5.75 Å². The molecule has 0 radical (unpaired) electrons. The first-order valence-corrected chi connectivity index (χ1v) is 8.87. The molecule has 1 aliphatic rings. The van der Waals surface area contributed by atoms with Crippen LogP contribution >= 0.6 is 15.9 Å². The van der Waals surface area contributed by atoms with Gasteiger partial charge in [0.2, 0.25) is 0 Å². The van der Waals surface area contributed by atoms with Crippen molar-refractivity contribution < 1.29 is 23.0 Å². The summed E-state index contributed by atoms with van der Waals surface area (Å²) < 4.78 is 43.9. The Morgan fingerprint density at radius 1 is 1.25 bits per heavy atom. The van der Waals surface area contributed by atoms with Gasteiger partial charge in [-0.2, -0.15) is 13.2 Å². The van der Waals surface area contributed by atoms with Gasteiger partial charge in [-0.05, 0) is 62.8 Å². The zero-order valence-corrected chi connectivity index (χ0v) is 15.4. The molecule has 1 aliphatic carbocycles. The molecule has 2 rings (SSSR count). The number of ether oxygens (including phenoxy) is 1. The Balaban J connectivity index is 1.79. The maximum atomic E-state index is 12.3. The maximum Gasteiger partial charge on any atom is 0.415 e. The molecular weight excluding hydrogens is 387 g/mol. The second-order valence-corrected chi connectivity index (χ2v) is 7.26. The zero-order valence-electron chi connectivity index (χ0n) is 13.8. The lowest BCUT2D eigenvalue weighted by Gasteiger charge is -2.30. The molecule has 0 saturated heterocycles. The second-order valence-electron chi connectivity index (χ2n) is 6.40. The van der Waals surface area contributed by atoms with Gasteiger partial charge in [0.05, 0.1) is 6.10 Å². The van der Waals surface area contributed by atoms with Gasteiger partial charge in [0.15, 0.2) is 6.10 Å². The van der Waals surface area contributed by atoms with E-state index in [4.69, 9.17) is 9.84 Å². The van der Waals surface area contributed by atoms with Crippen LogP contribution in [0.1, 0.15) is 36.8 Å². The predicted octanol–water partition coefficient (Wildman–Crippen LogP) is 4.27. The highest BCUT2D eigenvalue weighted by Gasteiger charge is 2.38. The molecule has 7 heteroatoms. The van der Waals surface area contributed by atoms with E-state index in [9.17, 15) is 13.2 Å². The van der Waals surface area contributed by atoms with E-state index in [1.807, 2.05) is 26.0 Å². The van der Waals surface area contributed by atoms with Crippen LogP contribution in [0.2, 0.25) is 0 Å². The first kappa shape index (κ1) is 19.5. The third-order valence-electron chi connectivity index (χ3n) is 4.53. The number of aliphatic hydroxyl groups is 1. The SMILES string of the molecule is Cc1cc(OC2CCC(NCC(O)C(F)(F)F)CC2)cc(Br)c1C. The van der Waals surface area contributed by atoms with E-state index in [1.165, 1.54) is 5.56 Å². The predicted molar refractivity (Wildman–Crippen MR) is 90.4 cm³/mol. The van der Waals surface area contributed by atoms with Crippen LogP contribution in [0.25, 0.3) is 0 Å². The van der Waals surface area contributed by atoms with Gasteiger partial charge in [0.1, 0.15) is 5.75 Å². The molecule has 3 nitrogen and oxygen atoms in total. The van der Waals surface area contributed by atoms with Crippen LogP contribution < -0.4 is 10.1 Å². The fourth-order valence-electron chi connectivity index (χ4n) is 2.82. The largest absolute Gasteiger partial charge is 0.490 e. The summed E-state index contributed by atoms with van der Waals surface area (Å²) in [4.78, 5) is 0. The standard InChI is InChI=1S/C17H23BrF3NO2/c1-10-7-14(8-15(18)11(10)2)24-13-5-3-12(4-6-13)22-9-16(23)17(19,20)21/h7-8,12-13,16,22-23H,3-6,9H2,1-2H3. The minimum Gasteiger partial charge on any atom is -0.490 e. The summed E-state index contributed by atoms with van der Waals surface area (Å²) >= 11 is 3.52. The molecule has 2 N–H and O–H groups in total. The van der Waals surface area contributed by atoms with Crippen molar-refractivity contribution >= 4 is 15.9 Å². The van der Waals surface area contributed by atoms with Crippen molar-refractivity contribution in [3.05, 3.63) is 27.7 Å². The first-order chi connectivity index (χ1) is 11.2. The van der Waals surface area contributed by atoms with Crippen molar-refractivity contribution in [3.63, 3.8) is 0 Å². The lowest BCUT2D eigenvalue weighted by Crippen LogP contribution is -2.44. The van der Waals surface area contributed by atoms with Gasteiger partial charge in [-0.25, -0.2) is 0 Å². The normalized spacial score (nSPS) is 23.1. The Labute approximate surface area is 148 Å². The Kier molecular flexibility index (Phi) is 6.56. The number of hydrogen-bond acceptors (Lipinski definition) is 3. The van der Waals surface area contributed by atoms with E-state index in [0.29, 0.717) is 0 Å². The second kappa shape index (κ2) is 8.06. The Hall–Kier alpha value is -0.790. The van der Waals surface area contributed by atoms with E-state index < -0.39 is 18.8 Å². The van der Waals surface area contributed by atoms with E-state index in [-0.39, 0.29) is 12.1 Å². The minimum absolute atomic E-state index is 0.00617. The highest BCUT2D eigenvalue weighted by atomic mass is 79.9. The van der Waals surface area contributed by atoms with Crippen molar-refractivity contribution in [1.29, 1.82) is 0 Å². The van der Waals surface area contributed by atoms with Gasteiger partial charge < -0.3 is 15.2 Å². The van der Waals surface area contributed by atoms with Gasteiger partial charge >= 0.3 is 6.18 Å². The molecule has 1 atom stereocenters. The van der Waals surface area contributed by atoms with E-state index in [1.54, 1.807) is 0 Å². The third kappa shape index (κ3) is 5.36. The molecule has 0 bridgehead atoms. The van der Waals surface area contributed by atoms with Crippen molar-refractivity contribution in [2.24, 2.45) is 0 Å². The average Bonchev–Trinajstić information content (AvgIpc) is 2.50. The molecule has 0 amide bonds. The quantitative estimate of drug-likeness (QED) is 0.762. The van der Waals surface area contributed by atoms with Crippen molar-refractivity contribution in [2.45, 2.75) is 64.0 Å². The Bertz CT molecular complexity index is 534. The van der Waals surface area contributed by atoms with E-state index in [2.05, 4.69) is 21.2 Å². The number of rotatable bonds is 5. The molecule has 1 fully saturated rings. The van der Waals surface area contributed by atoms with E-state index in [0.717, 1.165) is 41.5 Å². The molecular formula is C17H23BrF3NO2. The van der Waals surface area contributed by atoms with Crippen LogP contribution in [0.15, 0.2) is 16.6 Å². The first-order valence-electron chi connectivity index (χ1n) is 8.08. The molecule has 0 spiro atoms. The summed E-state index contributed by atoms with van der Waals surface area (Å²) in [6, 6.07) is 3.95. The third-order valence-corrected chi connectivity index (χ3v) is 5.36. The molecule has 1 saturated carbocycles. The summed E-state index contributed by atoms with van der Waals surface area (Å²) in [7, 11) is 0. The molecule has 0 aliphatic heterocycles. The summed E-state index contributed by atoms with van der Waals surface area (Å²) in [5.41, 5.74) is 2.33. The van der Waals surface area contributed by atoms with Crippen LogP contribution in [-0.2, 0) is 0 Å². The lowest BCUT2D eigenvalue weighted by molar-refractivity contribution is -0.202. The number of benzene rings is 1. The number of halogens is 4. The van der Waals surface area contributed by atoms with Gasteiger partial charge in [0, 0.05) is 17.1 Å². The fourth-order valence-corrected chi connectivity index (χ4v) is 3.36. The number of hydrogen-bond donors (Lipinski definition) is 2. The highest BCUT2D eigenvalue weighted by molar-refractivity contribution is 9.10. The number of alkyl halides is 3. The molecule has 1 unspecified atom stereocenters. The number of nitrogens with one attached hydrogen (secondary N) is 1. The van der Waals surface area contributed by atoms with Gasteiger partial charge in [-0.1, -0.05) is 15.9 Å². The van der Waals surface area contributed by atoms with Crippen LogP contribution in [0.5, 0.6) is 5.75 Å². The van der Waals surface area contributed by atoms with Gasteiger partial charge in [-0.15, -0.1) is 0 Å². The summed E-state index contributed by atoms with van der Waals surface area (Å²) in [5, 5.41) is 11.8. The average molecular weight is 410 g/mol. The number of aliphatic hydroxyl groups excluding tert-OH is 1. The minimum atomic E-state index is -4.57. The van der Waals surface area contributed by atoms with E-state index >= 15 is 0 Å². The maximum absolute atomic E-state index is 12.3. The monoisotopic (exact) mass is 409 g/mol. The van der Waals surface area contributed by atoms with Crippen LogP contribution in [0.4, 0.5) is 13.2 Å². The summed E-state index contributed by atoms with van der Waals surface area (Å²) in [6.07, 6.45) is -3.76. The van der Waals surface area contributed by atoms with Crippen LogP contribution in [-0.4, -0.2) is 36.1 Å². The topological polar surface area (TPSA) is 41.5 Å².